The Labute approximate surface area is 569 Å². The van der Waals surface area contributed by atoms with Crippen molar-refractivity contribution in [3.8, 4) is 0 Å². The number of phosphoric ester groups is 1. The molecule has 0 aromatic carbocycles. The first kappa shape index (κ1) is 87.6. The van der Waals surface area contributed by atoms with Gasteiger partial charge in [0.25, 0.3) is 0 Å². The van der Waals surface area contributed by atoms with E-state index in [1.54, 1.807) is 0 Å². The van der Waals surface area contributed by atoms with Gasteiger partial charge in [-0.05, 0) is 148 Å². The Morgan fingerprint density at radius 3 is 0.828 bits per heavy atom. The number of carbonyl (C=O) groups is 2. The van der Waals surface area contributed by atoms with E-state index in [4.69, 9.17) is 24.3 Å². The topological polar surface area (TPSA) is 134 Å². The Morgan fingerprint density at radius 2 is 0.559 bits per heavy atom. The average Bonchev–Trinajstić information content (AvgIpc) is 3.32. The second kappa shape index (κ2) is 75.6. The molecule has 0 heterocycles. The van der Waals surface area contributed by atoms with E-state index in [0.717, 1.165) is 167 Å². The summed E-state index contributed by atoms with van der Waals surface area (Å²) in [5.74, 6) is -0.861. The van der Waals surface area contributed by atoms with Crippen LogP contribution in [0.5, 0.6) is 0 Å². The van der Waals surface area contributed by atoms with Crippen LogP contribution in [0.4, 0.5) is 0 Å². The normalized spacial score (nSPS) is 14.2. The van der Waals surface area contributed by atoms with E-state index in [9.17, 15) is 19.0 Å². The molecule has 10 heteroatoms. The number of nitrogens with two attached hydrogens (primary N) is 1. The first-order valence-electron chi connectivity index (χ1n) is 36.6. The fraction of sp³-hybridized carbons (Fsp3) is 0.566. The van der Waals surface area contributed by atoms with Gasteiger partial charge in [-0.3, -0.25) is 18.6 Å². The standard InChI is InChI=1S/C83H132NO8P/c1-3-5-7-9-11-13-15-17-19-21-23-25-27-29-31-33-35-37-38-39-40-41-42-44-45-47-49-51-53-55-57-59-61-63-65-67-69-71-73-75-82(85)89-79-81(80-91-93(87,88)90-78-77-84)92-83(86)76-74-72-70-68-66-64-62-60-58-56-54-52-50-48-46-43-36-34-32-30-28-26-24-22-20-18-16-14-12-10-8-6-4-2/h5-8,11-14,17-20,23-26,29-32,35-37,39-40,42-44,48,50,54,56,60,62,81H,3-4,9-10,15-16,21-22,27-28,33-34,38,41,45-47,49,51-53,55,57-59,61,63-80,84H2,1-2H3,(H,87,88)/b7-5-,8-6-,13-11-,14-12-,19-17-,20-18-,25-23-,26-24-,31-29-,32-30-,37-35-,40-39-,43-36-,44-42-,50-48-,56-54-,62-60-. The molecule has 0 aromatic rings. The highest BCUT2D eigenvalue weighted by Gasteiger charge is 2.26. The molecule has 9 nitrogen and oxygen atoms in total. The van der Waals surface area contributed by atoms with Gasteiger partial charge in [-0.25, -0.2) is 4.57 Å². The number of hydrogen-bond donors (Lipinski definition) is 2. The minimum atomic E-state index is -4.42. The summed E-state index contributed by atoms with van der Waals surface area (Å²) < 4.78 is 33.2. The molecule has 522 valence electrons. The molecule has 2 unspecified atom stereocenters. The molecule has 0 rings (SSSR count). The molecule has 0 radical (unpaired) electrons. The first-order chi connectivity index (χ1) is 45.8. The average molecular weight is 1300 g/mol. The van der Waals surface area contributed by atoms with E-state index in [1.807, 2.05) is 0 Å². The van der Waals surface area contributed by atoms with Crippen LogP contribution in [0.1, 0.15) is 271 Å². The Kier molecular flexibility index (Phi) is 71.2. The summed E-state index contributed by atoms with van der Waals surface area (Å²) in [6.07, 6.45) is 116. The number of phosphoric acid groups is 1. The quantitative estimate of drug-likeness (QED) is 0.0264. The van der Waals surface area contributed by atoms with Crippen LogP contribution < -0.4 is 5.73 Å². The highest BCUT2D eigenvalue weighted by atomic mass is 31.2. The van der Waals surface area contributed by atoms with Gasteiger partial charge in [0.1, 0.15) is 6.61 Å². The molecule has 0 saturated carbocycles. The van der Waals surface area contributed by atoms with Crippen molar-refractivity contribution < 1.29 is 37.6 Å². The molecule has 0 aliphatic carbocycles. The molecular formula is C83H132NO8P. The zero-order valence-corrected chi connectivity index (χ0v) is 59.5. The largest absolute Gasteiger partial charge is 0.472 e. The Hall–Kier alpha value is -5.41. The Balaban J connectivity index is 3.98. The number of ether oxygens (including phenoxy) is 2. The maximum atomic E-state index is 12.8. The summed E-state index contributed by atoms with van der Waals surface area (Å²) >= 11 is 0. The molecule has 3 N–H and O–H groups in total. The molecule has 0 aliphatic rings. The van der Waals surface area contributed by atoms with Gasteiger partial charge in [-0.2, -0.15) is 0 Å². The van der Waals surface area contributed by atoms with Crippen LogP contribution in [0.2, 0.25) is 0 Å². The van der Waals surface area contributed by atoms with E-state index >= 15 is 0 Å². The van der Waals surface area contributed by atoms with Gasteiger partial charge in [-0.15, -0.1) is 0 Å². The van der Waals surface area contributed by atoms with Crippen LogP contribution in [-0.2, 0) is 32.7 Å². The van der Waals surface area contributed by atoms with Crippen LogP contribution in [-0.4, -0.2) is 49.3 Å². The molecule has 93 heavy (non-hydrogen) atoms. The van der Waals surface area contributed by atoms with Crippen LogP contribution in [0, 0.1) is 0 Å². The second-order valence-corrected chi connectivity index (χ2v) is 24.8. The summed E-state index contributed by atoms with van der Waals surface area (Å²) in [5.41, 5.74) is 5.40. The minimum Gasteiger partial charge on any atom is -0.462 e. The van der Waals surface area contributed by atoms with Crippen LogP contribution in [0.25, 0.3) is 0 Å². The summed E-state index contributed by atoms with van der Waals surface area (Å²) in [4.78, 5) is 35.4. The summed E-state index contributed by atoms with van der Waals surface area (Å²) in [6, 6.07) is 0. The number of hydrogen-bond acceptors (Lipinski definition) is 8. The van der Waals surface area contributed by atoms with Crippen LogP contribution in [0.3, 0.4) is 0 Å². The van der Waals surface area contributed by atoms with Gasteiger partial charge < -0.3 is 20.1 Å². The van der Waals surface area contributed by atoms with E-state index in [0.29, 0.717) is 6.42 Å². The number of esters is 2. The highest BCUT2D eigenvalue weighted by Crippen LogP contribution is 2.43. The third kappa shape index (κ3) is 75.5. The number of unbranched alkanes of at least 4 members (excludes halogenated alkanes) is 19. The lowest BCUT2D eigenvalue weighted by Gasteiger charge is -2.19. The SMILES string of the molecule is CC/C=C\C/C=C\C/C=C\C/C=C\C/C=C\C/C=C\C/C=C\C/C=C\C/C=C\CCCCCCCC(=O)OC(COC(=O)CCCCCCCCCCCCCCCC/C=C\C/C=C\C/C=C\C/C=C\C/C=C\C/C=C\C/C=C\C/C=C\CC)COP(=O)(O)OCCN. The van der Waals surface area contributed by atoms with Crippen molar-refractivity contribution in [2.75, 3.05) is 26.4 Å². The molecule has 0 aromatic heterocycles. The molecule has 0 amide bonds. The van der Waals surface area contributed by atoms with Crippen LogP contribution >= 0.6 is 7.82 Å². The lowest BCUT2D eigenvalue weighted by Crippen LogP contribution is -2.29. The fourth-order valence-electron chi connectivity index (χ4n) is 9.35. The minimum absolute atomic E-state index is 0.0398. The predicted octanol–water partition coefficient (Wildman–Crippen LogP) is 24.6. The summed E-state index contributed by atoms with van der Waals surface area (Å²) in [7, 11) is -4.42. The van der Waals surface area contributed by atoms with Gasteiger partial charge in [0.15, 0.2) is 6.10 Å². The maximum absolute atomic E-state index is 12.8. The first-order valence-corrected chi connectivity index (χ1v) is 38.1. The van der Waals surface area contributed by atoms with E-state index < -0.39 is 32.5 Å². The number of carbonyl (C=O) groups excluding carboxylic acids is 2. The lowest BCUT2D eigenvalue weighted by atomic mass is 10.0. The molecular weight excluding hydrogens is 1170 g/mol. The summed E-state index contributed by atoms with van der Waals surface area (Å²) in [6.45, 7) is 3.48. The molecule has 0 spiro atoms. The van der Waals surface area contributed by atoms with E-state index in [-0.39, 0.29) is 32.6 Å². The second-order valence-electron chi connectivity index (χ2n) is 23.3. The highest BCUT2D eigenvalue weighted by molar-refractivity contribution is 7.47. The number of rotatable bonds is 66. The molecule has 0 saturated heterocycles. The molecule has 0 bridgehead atoms. The van der Waals surface area contributed by atoms with Crippen molar-refractivity contribution in [3.63, 3.8) is 0 Å². The van der Waals surface area contributed by atoms with E-state index in [1.165, 1.54) is 70.6 Å². The van der Waals surface area contributed by atoms with Gasteiger partial charge in [-0.1, -0.05) is 317 Å². The molecule has 2 atom stereocenters. The fourth-order valence-corrected chi connectivity index (χ4v) is 10.1. The smallest absolute Gasteiger partial charge is 0.462 e. The van der Waals surface area contributed by atoms with Gasteiger partial charge in [0.05, 0.1) is 13.2 Å². The van der Waals surface area contributed by atoms with Crippen molar-refractivity contribution in [2.24, 2.45) is 5.73 Å². The molecule has 0 fully saturated rings. The van der Waals surface area contributed by atoms with Crippen molar-refractivity contribution in [3.05, 3.63) is 207 Å². The van der Waals surface area contributed by atoms with Crippen molar-refractivity contribution in [2.45, 2.75) is 277 Å². The Bertz CT molecular complexity index is 2280. The van der Waals surface area contributed by atoms with Gasteiger partial charge in [0.2, 0.25) is 0 Å². The van der Waals surface area contributed by atoms with Crippen LogP contribution in [0.15, 0.2) is 207 Å². The van der Waals surface area contributed by atoms with Gasteiger partial charge in [0, 0.05) is 19.4 Å². The van der Waals surface area contributed by atoms with Crippen molar-refractivity contribution >= 4 is 19.8 Å². The van der Waals surface area contributed by atoms with Crippen molar-refractivity contribution in [1.29, 1.82) is 0 Å². The lowest BCUT2D eigenvalue weighted by molar-refractivity contribution is -0.161. The van der Waals surface area contributed by atoms with Crippen molar-refractivity contribution in [1.82, 2.24) is 0 Å². The third-order valence-corrected chi connectivity index (χ3v) is 15.6. The monoisotopic (exact) mass is 1300 g/mol. The Morgan fingerprint density at radius 1 is 0.323 bits per heavy atom. The maximum Gasteiger partial charge on any atom is 0.472 e. The number of allylic oxidation sites excluding steroid dienone is 34. The zero-order valence-electron chi connectivity index (χ0n) is 58.6. The molecule has 0 aliphatic heterocycles. The van der Waals surface area contributed by atoms with Gasteiger partial charge >= 0.3 is 19.8 Å². The third-order valence-electron chi connectivity index (χ3n) is 14.7. The predicted molar refractivity (Wildman–Crippen MR) is 403 cm³/mol. The summed E-state index contributed by atoms with van der Waals surface area (Å²) in [5, 5.41) is 0. The zero-order chi connectivity index (χ0) is 67.2. The van der Waals surface area contributed by atoms with E-state index in [2.05, 4.69) is 220 Å².